The molecule has 0 radical (unpaired) electrons. The zero-order chi connectivity index (χ0) is 11.2. The van der Waals surface area contributed by atoms with Crippen LogP contribution in [0.5, 0.6) is 0 Å². The molecule has 0 fully saturated rings. The number of nitriles is 1. The molecule has 0 N–H and O–H groups in total. The lowest BCUT2D eigenvalue weighted by Gasteiger charge is -2.17. The Balaban J connectivity index is 4.38. The van der Waals surface area contributed by atoms with E-state index in [-0.39, 0.29) is 6.54 Å². The molecule has 0 aliphatic heterocycles. The summed E-state index contributed by atoms with van der Waals surface area (Å²) in [5.74, 6) is -1.02. The van der Waals surface area contributed by atoms with E-state index in [1.54, 1.807) is 0 Å². The van der Waals surface area contributed by atoms with Crippen LogP contribution in [-0.4, -0.2) is 44.3 Å². The number of nitrogens with zero attached hydrogens (tertiary/aromatic N) is 2. The molecule has 0 atom stereocenters. The maximum absolute atomic E-state index is 11.3. The topological polar surface area (TPSA) is 78.2 Å². The number of carbonyl (C=O) groups excluding carboxylic acids is 1. The van der Waals surface area contributed by atoms with Crippen molar-refractivity contribution in [3.8, 4) is 6.07 Å². The van der Waals surface area contributed by atoms with E-state index < -0.39 is 21.5 Å². The number of rotatable bonds is 5. The Hall–Kier alpha value is -1.09. The second kappa shape index (κ2) is 5.60. The lowest BCUT2D eigenvalue weighted by Crippen LogP contribution is -2.36. The molecule has 0 aromatic heterocycles. The highest BCUT2D eigenvalue weighted by molar-refractivity contribution is 7.91. The number of hydrogen-bond acceptors (Lipinski definition) is 4. The summed E-state index contributed by atoms with van der Waals surface area (Å²) in [6.07, 6.45) is 1.71. The van der Waals surface area contributed by atoms with Crippen LogP contribution in [0, 0.1) is 11.3 Å². The number of hydrogen-bond donors (Lipinski definition) is 0. The van der Waals surface area contributed by atoms with Crippen LogP contribution in [0.3, 0.4) is 0 Å². The van der Waals surface area contributed by atoms with Gasteiger partial charge in [0.25, 0.3) is 0 Å². The molecule has 0 aliphatic carbocycles. The molecule has 0 aromatic rings. The normalized spacial score (nSPS) is 10.6. The van der Waals surface area contributed by atoms with Crippen molar-refractivity contribution in [1.29, 1.82) is 5.26 Å². The van der Waals surface area contributed by atoms with Crippen LogP contribution < -0.4 is 0 Å². The lowest BCUT2D eigenvalue weighted by molar-refractivity contribution is -0.127. The van der Waals surface area contributed by atoms with Gasteiger partial charge in [-0.05, 0) is 6.42 Å². The van der Waals surface area contributed by atoms with Crippen molar-refractivity contribution >= 4 is 15.7 Å². The van der Waals surface area contributed by atoms with Crippen LogP contribution in [-0.2, 0) is 14.6 Å². The summed E-state index contributed by atoms with van der Waals surface area (Å²) in [4.78, 5) is 12.6. The predicted octanol–water partition coefficient (Wildman–Crippen LogP) is -0.207. The van der Waals surface area contributed by atoms with Gasteiger partial charge in [-0.3, -0.25) is 4.79 Å². The fraction of sp³-hybridized carbons (Fsp3) is 0.750. The summed E-state index contributed by atoms with van der Waals surface area (Å²) >= 11 is 0. The quantitative estimate of drug-likeness (QED) is 0.598. The maximum Gasteiger partial charge on any atom is 0.238 e. The number of amides is 1. The molecule has 0 unspecified atom stereocenters. The summed E-state index contributed by atoms with van der Waals surface area (Å²) in [6, 6.07) is 1.83. The fourth-order valence-electron chi connectivity index (χ4n) is 0.963. The van der Waals surface area contributed by atoms with Crippen LogP contribution in [0.25, 0.3) is 0 Å². The zero-order valence-corrected chi connectivity index (χ0v) is 9.17. The Bertz CT molecular complexity index is 329. The van der Waals surface area contributed by atoms with Gasteiger partial charge in [-0.1, -0.05) is 6.92 Å². The highest BCUT2D eigenvalue weighted by Gasteiger charge is 2.17. The third-order valence-electron chi connectivity index (χ3n) is 1.49. The monoisotopic (exact) mass is 218 g/mol. The van der Waals surface area contributed by atoms with Gasteiger partial charge < -0.3 is 4.90 Å². The zero-order valence-electron chi connectivity index (χ0n) is 8.36. The first-order valence-electron chi connectivity index (χ1n) is 4.23. The van der Waals surface area contributed by atoms with Gasteiger partial charge in [0.2, 0.25) is 5.91 Å². The largest absolute Gasteiger partial charge is 0.329 e. The minimum absolute atomic E-state index is 0.0534. The molecule has 0 aromatic carbocycles. The fourth-order valence-corrected chi connectivity index (χ4v) is 1.59. The third kappa shape index (κ3) is 5.54. The van der Waals surface area contributed by atoms with Gasteiger partial charge in [-0.2, -0.15) is 5.26 Å². The average molecular weight is 218 g/mol. The van der Waals surface area contributed by atoms with E-state index in [1.807, 2.05) is 13.0 Å². The summed E-state index contributed by atoms with van der Waals surface area (Å²) in [5.41, 5.74) is 0. The SMILES string of the molecule is CCCN(CC#N)C(=O)CS(C)(=O)=O. The van der Waals surface area contributed by atoms with E-state index in [4.69, 9.17) is 5.26 Å². The van der Waals surface area contributed by atoms with Gasteiger partial charge in [0, 0.05) is 12.8 Å². The summed E-state index contributed by atoms with van der Waals surface area (Å²) < 4.78 is 21.6. The first-order valence-corrected chi connectivity index (χ1v) is 6.29. The van der Waals surface area contributed by atoms with E-state index in [0.29, 0.717) is 13.0 Å². The van der Waals surface area contributed by atoms with E-state index >= 15 is 0 Å². The molecule has 0 spiro atoms. The van der Waals surface area contributed by atoms with E-state index in [2.05, 4.69) is 0 Å². The Labute approximate surface area is 84.2 Å². The van der Waals surface area contributed by atoms with Crippen molar-refractivity contribution in [1.82, 2.24) is 4.90 Å². The highest BCUT2D eigenvalue weighted by atomic mass is 32.2. The first kappa shape index (κ1) is 12.9. The van der Waals surface area contributed by atoms with Crippen molar-refractivity contribution in [3.63, 3.8) is 0 Å². The van der Waals surface area contributed by atoms with E-state index in [1.165, 1.54) is 4.90 Å². The number of sulfone groups is 1. The molecule has 0 saturated heterocycles. The van der Waals surface area contributed by atoms with Gasteiger partial charge in [-0.25, -0.2) is 8.42 Å². The van der Waals surface area contributed by atoms with Crippen molar-refractivity contribution in [3.05, 3.63) is 0 Å². The van der Waals surface area contributed by atoms with Crippen LogP contribution >= 0.6 is 0 Å². The van der Waals surface area contributed by atoms with Gasteiger partial charge in [-0.15, -0.1) is 0 Å². The smallest absolute Gasteiger partial charge is 0.238 e. The van der Waals surface area contributed by atoms with Crippen LogP contribution in [0.15, 0.2) is 0 Å². The molecule has 6 heteroatoms. The van der Waals surface area contributed by atoms with E-state index in [9.17, 15) is 13.2 Å². The standard InChI is InChI=1S/C8H14N2O3S/c1-3-5-10(6-4-9)8(11)7-14(2,12)13/h3,5-7H2,1-2H3. The van der Waals surface area contributed by atoms with Crippen molar-refractivity contribution in [2.45, 2.75) is 13.3 Å². The van der Waals surface area contributed by atoms with Crippen molar-refractivity contribution < 1.29 is 13.2 Å². The minimum Gasteiger partial charge on any atom is -0.329 e. The van der Waals surface area contributed by atoms with Gasteiger partial charge in [0.15, 0.2) is 9.84 Å². The summed E-state index contributed by atoms with van der Waals surface area (Å²) in [5, 5.41) is 8.42. The van der Waals surface area contributed by atoms with Crippen molar-refractivity contribution in [2.24, 2.45) is 0 Å². The van der Waals surface area contributed by atoms with Gasteiger partial charge >= 0.3 is 0 Å². The lowest BCUT2D eigenvalue weighted by atomic mass is 10.4. The van der Waals surface area contributed by atoms with Crippen molar-refractivity contribution in [2.75, 3.05) is 25.1 Å². The van der Waals surface area contributed by atoms with Gasteiger partial charge in [0.1, 0.15) is 12.3 Å². The summed E-state index contributed by atoms with van der Waals surface area (Å²) in [7, 11) is -3.31. The van der Waals surface area contributed by atoms with Crippen LogP contribution in [0.1, 0.15) is 13.3 Å². The van der Waals surface area contributed by atoms with Crippen LogP contribution in [0.4, 0.5) is 0 Å². The molecular weight excluding hydrogens is 204 g/mol. The Kier molecular flexibility index (Phi) is 5.16. The third-order valence-corrected chi connectivity index (χ3v) is 2.26. The summed E-state index contributed by atoms with van der Waals surface area (Å²) in [6.45, 7) is 2.22. The first-order chi connectivity index (χ1) is 6.40. The molecule has 0 bridgehead atoms. The highest BCUT2D eigenvalue weighted by Crippen LogP contribution is 1.95. The molecule has 0 rings (SSSR count). The Morgan fingerprint density at radius 1 is 1.50 bits per heavy atom. The van der Waals surface area contributed by atoms with E-state index in [0.717, 1.165) is 6.26 Å². The molecule has 80 valence electrons. The second-order valence-corrected chi connectivity index (χ2v) is 5.18. The Morgan fingerprint density at radius 3 is 2.43 bits per heavy atom. The maximum atomic E-state index is 11.3. The predicted molar refractivity (Wildman–Crippen MR) is 52.2 cm³/mol. The molecule has 1 amide bonds. The Morgan fingerprint density at radius 2 is 2.07 bits per heavy atom. The second-order valence-electron chi connectivity index (χ2n) is 3.04. The molecule has 14 heavy (non-hydrogen) atoms. The molecular formula is C8H14N2O3S. The van der Waals surface area contributed by atoms with Gasteiger partial charge in [0.05, 0.1) is 6.07 Å². The van der Waals surface area contributed by atoms with Crippen LogP contribution in [0.2, 0.25) is 0 Å². The molecule has 0 heterocycles. The minimum atomic E-state index is -3.31. The average Bonchev–Trinajstić information content (AvgIpc) is 2.01. The number of carbonyl (C=O) groups is 1. The molecule has 5 nitrogen and oxygen atoms in total. The molecule has 0 saturated carbocycles. The molecule has 0 aliphatic rings.